The Morgan fingerprint density at radius 3 is 2.18 bits per heavy atom. The highest BCUT2D eigenvalue weighted by Gasteiger charge is 2.19. The zero-order chi connectivity index (χ0) is 28.7. The summed E-state index contributed by atoms with van der Waals surface area (Å²) < 4.78 is 53.0. The van der Waals surface area contributed by atoms with Gasteiger partial charge in [0.05, 0.1) is 0 Å². The highest BCUT2D eigenvalue weighted by Crippen LogP contribution is 2.27. The fourth-order valence-corrected chi connectivity index (χ4v) is 3.35. The van der Waals surface area contributed by atoms with Crippen LogP contribution in [0, 0.1) is 24.4 Å². The van der Waals surface area contributed by atoms with Crippen LogP contribution < -0.4 is 15.6 Å². The summed E-state index contributed by atoms with van der Waals surface area (Å²) in [5.41, 5.74) is 0.0937. The average molecular weight is 555 g/mol. The first-order chi connectivity index (χ1) is 18.2. The summed E-state index contributed by atoms with van der Waals surface area (Å²) in [6.07, 6.45) is 2.17. The van der Waals surface area contributed by atoms with Crippen molar-refractivity contribution >= 4 is 18.0 Å². The molecule has 1 amide bonds. The van der Waals surface area contributed by atoms with Gasteiger partial charge in [-0.25, -0.2) is 13.2 Å². The molecule has 1 heterocycles. The number of benzene rings is 2. The molecular weight excluding hydrogens is 521 g/mol. The van der Waals surface area contributed by atoms with Crippen molar-refractivity contribution in [2.45, 2.75) is 47.1 Å². The van der Waals surface area contributed by atoms with Gasteiger partial charge in [-0.2, -0.15) is 0 Å². The normalized spacial score (nSPS) is 10.0. The van der Waals surface area contributed by atoms with E-state index in [9.17, 15) is 22.8 Å². The maximum Gasteiger partial charge on any atom is 0.278 e. The first kappa shape index (κ1) is 32.7. The molecular formula is C28H34ClF3N2O4. The minimum Gasteiger partial charge on any atom is -0.487 e. The third-order valence-corrected chi connectivity index (χ3v) is 5.27. The van der Waals surface area contributed by atoms with Gasteiger partial charge in [-0.05, 0) is 55.7 Å². The lowest BCUT2D eigenvalue weighted by Gasteiger charge is -2.16. The lowest BCUT2D eigenvalue weighted by Crippen LogP contribution is -2.23. The minimum absolute atomic E-state index is 0.0263. The Morgan fingerprint density at radius 1 is 1.03 bits per heavy atom. The molecule has 0 atom stereocenters. The Morgan fingerprint density at radius 2 is 1.63 bits per heavy atom. The summed E-state index contributed by atoms with van der Waals surface area (Å²) in [5.74, 6) is -2.23. The SMILES string of the molecule is CCC.CCOC.Cc1cc(OCc2ccc(F)cc2CCNC=O)c(Cl)c(=O)n1-c1c(F)cccc1F. The van der Waals surface area contributed by atoms with Crippen LogP contribution in [0.3, 0.4) is 0 Å². The largest absolute Gasteiger partial charge is 0.487 e. The van der Waals surface area contributed by atoms with E-state index in [4.69, 9.17) is 16.3 Å². The zero-order valence-electron chi connectivity index (χ0n) is 22.2. The number of hydrogen-bond donors (Lipinski definition) is 1. The van der Waals surface area contributed by atoms with Crippen molar-refractivity contribution in [3.05, 3.63) is 92.1 Å². The monoisotopic (exact) mass is 554 g/mol. The van der Waals surface area contributed by atoms with E-state index in [-0.39, 0.29) is 23.1 Å². The van der Waals surface area contributed by atoms with E-state index in [1.807, 2.05) is 6.92 Å². The number of halogens is 4. The predicted molar refractivity (Wildman–Crippen MR) is 144 cm³/mol. The lowest BCUT2D eigenvalue weighted by molar-refractivity contribution is -0.109. The van der Waals surface area contributed by atoms with E-state index in [2.05, 4.69) is 23.9 Å². The van der Waals surface area contributed by atoms with Crippen molar-refractivity contribution in [2.24, 2.45) is 0 Å². The van der Waals surface area contributed by atoms with Crippen molar-refractivity contribution in [1.29, 1.82) is 0 Å². The van der Waals surface area contributed by atoms with Gasteiger partial charge in [0.2, 0.25) is 6.41 Å². The van der Waals surface area contributed by atoms with Crippen molar-refractivity contribution < 1.29 is 27.4 Å². The Balaban J connectivity index is 0.000000923. The maximum atomic E-state index is 14.2. The molecule has 0 saturated carbocycles. The number of carbonyl (C=O) groups excluding carboxylic acids is 1. The highest BCUT2D eigenvalue weighted by atomic mass is 35.5. The predicted octanol–water partition coefficient (Wildman–Crippen LogP) is 6.15. The molecule has 0 aliphatic carbocycles. The van der Waals surface area contributed by atoms with Crippen LogP contribution in [0.15, 0.2) is 47.3 Å². The molecule has 6 nitrogen and oxygen atoms in total. The molecule has 0 bridgehead atoms. The maximum absolute atomic E-state index is 14.2. The molecule has 0 fully saturated rings. The molecule has 0 unspecified atom stereocenters. The Kier molecular flexibility index (Phi) is 14.9. The number of hydrogen-bond acceptors (Lipinski definition) is 4. The van der Waals surface area contributed by atoms with E-state index in [1.165, 1.54) is 43.7 Å². The number of amides is 1. The molecule has 3 rings (SSSR count). The summed E-state index contributed by atoms with van der Waals surface area (Å²) in [7, 11) is 1.68. The Hall–Kier alpha value is -3.30. The molecule has 38 heavy (non-hydrogen) atoms. The standard InChI is InChI=1S/C22H18ClF3N2O3.C3H8O.C3H8/c1-13-9-19(20(23)22(30)28(13)21-17(25)3-2-4-18(21)26)31-11-15-5-6-16(24)10-14(15)7-8-27-12-29;1-3-4-2;1-3-2/h2-6,9-10,12H,7-8,11H2,1H3,(H,27,29);3H2,1-2H3;3H2,1-2H3. The molecule has 0 aliphatic heterocycles. The summed E-state index contributed by atoms with van der Waals surface area (Å²) in [6.45, 7) is 8.79. The van der Waals surface area contributed by atoms with Crippen LogP contribution in [0.4, 0.5) is 13.2 Å². The molecule has 1 aromatic heterocycles. The van der Waals surface area contributed by atoms with E-state index < -0.39 is 28.7 Å². The van der Waals surface area contributed by atoms with E-state index >= 15 is 0 Å². The topological polar surface area (TPSA) is 69.6 Å². The quantitative estimate of drug-likeness (QED) is 0.254. The van der Waals surface area contributed by atoms with Gasteiger partial charge in [0, 0.05) is 32.0 Å². The van der Waals surface area contributed by atoms with Crippen LogP contribution in [0.5, 0.6) is 5.75 Å². The molecule has 2 aromatic carbocycles. The van der Waals surface area contributed by atoms with Crippen molar-refractivity contribution in [3.63, 3.8) is 0 Å². The number of nitrogens with one attached hydrogen (secondary N) is 1. The smallest absolute Gasteiger partial charge is 0.278 e. The van der Waals surface area contributed by atoms with Gasteiger partial charge in [-0.1, -0.05) is 44.0 Å². The fourth-order valence-electron chi connectivity index (χ4n) is 3.16. The van der Waals surface area contributed by atoms with E-state index in [0.29, 0.717) is 30.5 Å². The van der Waals surface area contributed by atoms with Gasteiger partial charge in [-0.3, -0.25) is 14.2 Å². The summed E-state index contributed by atoms with van der Waals surface area (Å²) in [4.78, 5) is 23.2. The zero-order valence-corrected chi connectivity index (χ0v) is 23.0. The Bertz CT molecular complexity index is 1210. The second-order valence-corrected chi connectivity index (χ2v) is 8.36. The molecule has 208 valence electrons. The van der Waals surface area contributed by atoms with Gasteiger partial charge >= 0.3 is 0 Å². The van der Waals surface area contributed by atoms with Crippen LogP contribution in [-0.2, 0) is 22.6 Å². The lowest BCUT2D eigenvalue weighted by atomic mass is 10.0. The fraction of sp³-hybridized carbons (Fsp3) is 0.357. The summed E-state index contributed by atoms with van der Waals surface area (Å²) in [5, 5.41) is 2.15. The number of pyridine rings is 1. The van der Waals surface area contributed by atoms with Crippen LogP contribution in [0.2, 0.25) is 5.02 Å². The first-order valence-electron chi connectivity index (χ1n) is 12.1. The number of para-hydroxylation sites is 1. The number of rotatable bonds is 9. The molecule has 0 aliphatic rings. The van der Waals surface area contributed by atoms with E-state index in [1.54, 1.807) is 7.11 Å². The molecule has 3 aromatic rings. The number of methoxy groups -OCH3 is 1. The van der Waals surface area contributed by atoms with Crippen molar-refractivity contribution in [2.75, 3.05) is 20.3 Å². The van der Waals surface area contributed by atoms with Crippen LogP contribution >= 0.6 is 11.6 Å². The second-order valence-electron chi connectivity index (χ2n) is 7.98. The molecule has 10 heteroatoms. The van der Waals surface area contributed by atoms with Crippen LogP contribution in [0.1, 0.15) is 44.0 Å². The van der Waals surface area contributed by atoms with Crippen LogP contribution in [-0.4, -0.2) is 31.2 Å². The molecule has 0 radical (unpaired) electrons. The van der Waals surface area contributed by atoms with Gasteiger partial charge < -0.3 is 14.8 Å². The molecule has 0 saturated heterocycles. The number of carbonyl (C=O) groups is 1. The van der Waals surface area contributed by atoms with Gasteiger partial charge in [0.1, 0.15) is 40.5 Å². The second kappa shape index (κ2) is 17.3. The number of aryl methyl sites for hydroxylation is 1. The van der Waals surface area contributed by atoms with E-state index in [0.717, 1.165) is 23.3 Å². The summed E-state index contributed by atoms with van der Waals surface area (Å²) >= 11 is 6.15. The van der Waals surface area contributed by atoms with Gasteiger partial charge in [0.25, 0.3) is 5.56 Å². The highest BCUT2D eigenvalue weighted by molar-refractivity contribution is 6.31. The third kappa shape index (κ3) is 9.54. The molecule has 1 N–H and O–H groups in total. The van der Waals surface area contributed by atoms with Gasteiger partial charge in [0.15, 0.2) is 0 Å². The van der Waals surface area contributed by atoms with Crippen LogP contribution in [0.25, 0.3) is 5.69 Å². The number of ether oxygens (including phenoxy) is 2. The number of nitrogens with zero attached hydrogens (tertiary/aromatic N) is 1. The average Bonchev–Trinajstić information content (AvgIpc) is 2.88. The molecule has 0 spiro atoms. The third-order valence-electron chi connectivity index (χ3n) is 4.92. The Labute approximate surface area is 226 Å². The van der Waals surface area contributed by atoms with Gasteiger partial charge in [-0.15, -0.1) is 0 Å². The number of aromatic nitrogens is 1. The first-order valence-corrected chi connectivity index (χ1v) is 12.5. The summed E-state index contributed by atoms with van der Waals surface area (Å²) in [6, 6.07) is 8.79. The van der Waals surface area contributed by atoms with Crippen molar-refractivity contribution in [1.82, 2.24) is 9.88 Å². The minimum atomic E-state index is -0.908. The van der Waals surface area contributed by atoms with Crippen molar-refractivity contribution in [3.8, 4) is 11.4 Å².